The molecule has 2 heterocycles. The maximum absolute atomic E-state index is 11.8. The number of amides is 1. The molecule has 0 aromatic heterocycles. The molecule has 0 aromatic carbocycles. The summed E-state index contributed by atoms with van der Waals surface area (Å²) in [6, 6.07) is 0. The van der Waals surface area contributed by atoms with E-state index in [1.807, 2.05) is 0 Å². The van der Waals surface area contributed by atoms with E-state index in [1.165, 1.54) is 11.1 Å². The first-order chi connectivity index (χ1) is 18.5. The molecule has 0 spiro atoms. The van der Waals surface area contributed by atoms with Gasteiger partial charge < -0.3 is 50.2 Å². The number of amidine groups is 1. The average molecular weight is 631 g/mol. The van der Waals surface area contributed by atoms with Gasteiger partial charge in [0.2, 0.25) is 12.2 Å². The number of aliphatic imine (C=N–C) groups is 1. The van der Waals surface area contributed by atoms with Gasteiger partial charge in [-0.2, -0.15) is 9.56 Å². The summed E-state index contributed by atoms with van der Waals surface area (Å²) < 4.78 is 49.0. The molecule has 1 radical (unpaired) electrons. The molecule has 40 heavy (non-hydrogen) atoms. The van der Waals surface area contributed by atoms with Gasteiger partial charge in [-0.25, -0.2) is 19.5 Å². The number of carbonyl (C=O) groups excluding carboxylic acids is 1. The van der Waals surface area contributed by atoms with E-state index in [0.29, 0.717) is 19.4 Å². The molecule has 23 heteroatoms. The van der Waals surface area contributed by atoms with Crippen LogP contribution in [0.3, 0.4) is 0 Å². The number of carbonyl (C=O) groups is 1. The highest BCUT2D eigenvalue weighted by Crippen LogP contribution is 2.61. The number of hydrogen-bond donors (Lipinski definition) is 5. The lowest BCUT2D eigenvalue weighted by Crippen LogP contribution is -2.35. The summed E-state index contributed by atoms with van der Waals surface area (Å²) in [4.78, 5) is 67.4. The largest absolute Gasteiger partial charge is 0.756 e. The van der Waals surface area contributed by atoms with E-state index < -0.39 is 42.1 Å². The second-order valence-electron chi connectivity index (χ2n) is 7.54. The second-order valence-corrected chi connectivity index (χ2v) is 11.7. The van der Waals surface area contributed by atoms with Crippen molar-refractivity contribution in [1.82, 2.24) is 10.2 Å². The van der Waals surface area contributed by atoms with Crippen LogP contribution < -0.4 is 31.6 Å². The third kappa shape index (κ3) is 11.8. The van der Waals surface area contributed by atoms with Gasteiger partial charge >= 0.3 is 7.82 Å². The van der Waals surface area contributed by atoms with Crippen LogP contribution in [0, 0.1) is 18.3 Å². The van der Waals surface area contributed by atoms with Crippen molar-refractivity contribution in [2.75, 3.05) is 13.2 Å². The highest BCUT2D eigenvalue weighted by molar-refractivity contribution is 7.65. The highest BCUT2D eigenvalue weighted by Gasteiger charge is 2.41. The Hall–Kier alpha value is -2.01. The number of nitrogens with one attached hydrogen (secondary N) is 1. The minimum absolute atomic E-state index is 0.00106. The fourth-order valence-electron chi connectivity index (χ4n) is 2.83. The van der Waals surface area contributed by atoms with Gasteiger partial charge in [0.05, 0.1) is 18.7 Å². The molecule has 7 N–H and O–H groups in total. The van der Waals surface area contributed by atoms with Gasteiger partial charge in [-0.05, 0) is 12.8 Å². The van der Waals surface area contributed by atoms with Crippen molar-refractivity contribution in [3.63, 3.8) is 0 Å². The van der Waals surface area contributed by atoms with Gasteiger partial charge in [-0.1, -0.05) is 18.4 Å². The Kier molecular flexibility index (Phi) is 12.6. The van der Waals surface area contributed by atoms with Crippen molar-refractivity contribution >= 4 is 35.2 Å². The van der Waals surface area contributed by atoms with Crippen LogP contribution in [0.1, 0.15) is 19.3 Å². The molecule has 6 atom stereocenters. The molecule has 2 aliphatic heterocycles. The summed E-state index contributed by atoms with van der Waals surface area (Å²) >= 11 is 0. The third-order valence-corrected chi connectivity index (χ3v) is 7.92. The standard InChI is InChI=1S/C17H27N5O15P3/c1-11-21-16(18)12(5-4-7-20-14(24)6-2-3-8-32-19)10-22(11)15-9-13(23)17(33-15)34-35-39(28,29)37-40(30,31)36-38(25,26)27/h9-10,13,15,17,23H,1-3,6-8,19H2,(H2,18,21)(H,20,24)(H,28,29)(H,30,31)(H2,25,26,27)/p-3. The quantitative estimate of drug-likeness (QED) is 0.0415. The Morgan fingerprint density at radius 2 is 1.95 bits per heavy atom. The fourth-order valence-corrected chi connectivity index (χ4v) is 5.51. The molecule has 0 saturated carbocycles. The zero-order chi connectivity index (χ0) is 30.1. The summed E-state index contributed by atoms with van der Waals surface area (Å²) in [5.41, 5.74) is 6.02. The van der Waals surface area contributed by atoms with Crippen LogP contribution >= 0.6 is 23.5 Å². The number of nitrogens with two attached hydrogens (primary N) is 2. The molecule has 1 amide bonds. The molecule has 0 aromatic rings. The highest BCUT2D eigenvalue weighted by atomic mass is 31.3. The van der Waals surface area contributed by atoms with E-state index in [2.05, 4.69) is 51.7 Å². The second kappa shape index (κ2) is 14.8. The van der Waals surface area contributed by atoms with E-state index >= 15 is 0 Å². The Balaban J connectivity index is 1.95. The van der Waals surface area contributed by atoms with Crippen LogP contribution in [-0.4, -0.2) is 58.4 Å². The first kappa shape index (κ1) is 34.2. The zero-order valence-corrected chi connectivity index (χ0v) is 22.9. The van der Waals surface area contributed by atoms with Gasteiger partial charge in [-0.3, -0.25) is 18.5 Å². The van der Waals surface area contributed by atoms with Gasteiger partial charge in [0, 0.05) is 19.0 Å². The molecule has 225 valence electrons. The van der Waals surface area contributed by atoms with Crippen molar-refractivity contribution < 1.29 is 70.9 Å². The molecular formula is C17H24N5O15P3-3. The molecule has 1 saturated heterocycles. The van der Waals surface area contributed by atoms with E-state index in [-0.39, 0.29) is 36.1 Å². The summed E-state index contributed by atoms with van der Waals surface area (Å²) in [5.74, 6) is 10.0. The minimum Gasteiger partial charge on any atom is -0.756 e. The first-order valence-electron chi connectivity index (χ1n) is 10.7. The molecular weight excluding hydrogens is 607 g/mol. The topological polar surface area (TPSA) is 313 Å². The summed E-state index contributed by atoms with van der Waals surface area (Å²) in [5, 5.41) is 12.7. The van der Waals surface area contributed by atoms with Crippen molar-refractivity contribution in [3.05, 3.63) is 30.6 Å². The minimum atomic E-state index is -6.16. The van der Waals surface area contributed by atoms with Crippen LogP contribution in [0.25, 0.3) is 0 Å². The maximum Gasteiger partial charge on any atom is 0.304 e. The first-order valence-corrected chi connectivity index (χ1v) is 15.2. The number of ether oxygens (including phenoxy) is 1. The summed E-state index contributed by atoms with van der Waals surface area (Å²) in [6.45, 7) is 3.98. The van der Waals surface area contributed by atoms with Crippen LogP contribution in [0.2, 0.25) is 0 Å². The Morgan fingerprint density at radius 1 is 1.25 bits per heavy atom. The zero-order valence-electron chi connectivity index (χ0n) is 20.2. The van der Waals surface area contributed by atoms with Gasteiger partial charge in [-0.15, -0.1) is 0 Å². The van der Waals surface area contributed by atoms with E-state index in [1.54, 1.807) is 0 Å². The normalized spacial score (nSPS) is 25.5. The van der Waals surface area contributed by atoms with Crippen LogP contribution in [0.4, 0.5) is 0 Å². The SMILES string of the molecule is C=C1N=C(N)C(C#CCNC(=O)CCCCON)=CN1C1[CH]C(O)C(OOP(=O)([O-])OP(=O)([O-])OP(=O)([O-])O)O1. The van der Waals surface area contributed by atoms with Gasteiger partial charge in [0.1, 0.15) is 24.0 Å². The predicted molar refractivity (Wildman–Crippen MR) is 124 cm³/mol. The number of aliphatic hydroxyl groups is 1. The summed E-state index contributed by atoms with van der Waals surface area (Å²) in [6.07, 6.45) is -0.958. The molecule has 1 fully saturated rings. The Morgan fingerprint density at radius 3 is 2.60 bits per heavy atom. The van der Waals surface area contributed by atoms with E-state index in [4.69, 9.17) is 21.3 Å². The molecule has 2 rings (SSSR count). The van der Waals surface area contributed by atoms with Crippen LogP contribution in [0.5, 0.6) is 0 Å². The molecule has 2 aliphatic rings. The molecule has 6 unspecified atom stereocenters. The van der Waals surface area contributed by atoms with Crippen molar-refractivity contribution in [2.45, 2.75) is 37.9 Å². The summed E-state index contributed by atoms with van der Waals surface area (Å²) in [7, 11) is -18.1. The number of hydrogen-bond acceptors (Lipinski definition) is 18. The number of aliphatic hydroxyl groups excluding tert-OH is 1. The molecule has 0 aliphatic carbocycles. The third-order valence-electron chi connectivity index (χ3n) is 4.43. The lowest BCUT2D eigenvalue weighted by atomic mass is 10.2. The average Bonchev–Trinajstić information content (AvgIpc) is 3.17. The lowest BCUT2D eigenvalue weighted by Gasteiger charge is -2.32. The van der Waals surface area contributed by atoms with E-state index in [9.17, 15) is 38.3 Å². The smallest absolute Gasteiger partial charge is 0.304 e. The van der Waals surface area contributed by atoms with E-state index in [0.717, 1.165) is 6.42 Å². The van der Waals surface area contributed by atoms with Crippen molar-refractivity contribution in [1.29, 1.82) is 0 Å². The molecule has 0 bridgehead atoms. The Labute approximate surface area is 226 Å². The maximum atomic E-state index is 11.8. The number of unbranched alkanes of at least 4 members (excludes halogenated alkanes) is 1. The van der Waals surface area contributed by atoms with Gasteiger partial charge in [0.25, 0.3) is 15.6 Å². The van der Waals surface area contributed by atoms with Crippen molar-refractivity contribution in [2.24, 2.45) is 16.6 Å². The van der Waals surface area contributed by atoms with Crippen LogP contribution in [0.15, 0.2) is 29.2 Å². The Bertz CT molecular complexity index is 1210. The monoisotopic (exact) mass is 631 g/mol. The lowest BCUT2D eigenvalue weighted by molar-refractivity contribution is -0.370. The fraction of sp³-hybridized carbons (Fsp3) is 0.471. The van der Waals surface area contributed by atoms with Gasteiger partial charge in [0.15, 0.2) is 0 Å². The number of rotatable bonds is 14. The molecule has 20 nitrogen and oxygen atoms in total. The van der Waals surface area contributed by atoms with Crippen LogP contribution in [-0.2, 0) is 46.2 Å². The number of nitrogens with zero attached hydrogens (tertiary/aromatic N) is 2. The predicted octanol–water partition coefficient (Wildman–Crippen LogP) is -3.18. The van der Waals surface area contributed by atoms with Crippen molar-refractivity contribution in [3.8, 4) is 11.8 Å². The number of phosphoric acid groups is 3.